The van der Waals surface area contributed by atoms with Crippen LogP contribution in [-0.2, 0) is 9.53 Å². The van der Waals surface area contributed by atoms with Crippen molar-refractivity contribution in [3.8, 4) is 0 Å². The highest BCUT2D eigenvalue weighted by Gasteiger charge is 2.48. The highest BCUT2D eigenvalue weighted by molar-refractivity contribution is 6.44. The van der Waals surface area contributed by atoms with Crippen LogP contribution in [0.2, 0.25) is 0 Å². The lowest BCUT2D eigenvalue weighted by atomic mass is 9.96. The number of aryl methyl sites for hydroxylation is 1. The molecule has 9 heteroatoms. The predicted molar refractivity (Wildman–Crippen MR) is 106 cm³/mol. The van der Waals surface area contributed by atoms with Gasteiger partial charge in [0.15, 0.2) is 0 Å². The number of rotatable bonds is 6. The van der Waals surface area contributed by atoms with Gasteiger partial charge >= 0.3 is 12.0 Å². The first-order valence-corrected chi connectivity index (χ1v) is 8.85. The summed E-state index contributed by atoms with van der Waals surface area (Å²) in [7, 11) is 3.09. The van der Waals surface area contributed by atoms with Gasteiger partial charge in [0.25, 0.3) is 5.91 Å². The zero-order valence-corrected chi connectivity index (χ0v) is 16.2. The number of anilines is 1. The second-order valence-corrected chi connectivity index (χ2v) is 6.80. The number of nitrogens with one attached hydrogen (secondary N) is 1. The number of ether oxygens (including phenoxy) is 1. The van der Waals surface area contributed by atoms with E-state index >= 15 is 0 Å². The molecule has 1 amide bonds. The fourth-order valence-electron chi connectivity index (χ4n) is 3.05. The zero-order chi connectivity index (χ0) is 21.1. The number of nitro groups is 1. The number of fused-ring (bicyclic) bond motifs is 1. The molecule has 3 rings (SSSR count). The Hall–Kier alpha value is -3.75. The third kappa shape index (κ3) is 4.23. The summed E-state index contributed by atoms with van der Waals surface area (Å²) >= 11 is 0. The average molecular weight is 396 g/mol. The quantitative estimate of drug-likeness (QED) is 0.347. The number of esters is 1. The first kappa shape index (κ1) is 20.0. The molecule has 0 aliphatic carbocycles. The van der Waals surface area contributed by atoms with Gasteiger partial charge in [-0.15, -0.1) is 0 Å². The van der Waals surface area contributed by atoms with Crippen LogP contribution in [0.25, 0.3) is 0 Å². The fourth-order valence-corrected chi connectivity index (χ4v) is 3.05. The smallest absolute Gasteiger partial charge is 0.339 e. The zero-order valence-electron chi connectivity index (χ0n) is 16.2. The highest BCUT2D eigenvalue weighted by Crippen LogP contribution is 2.34. The largest absolute Gasteiger partial charge is 0.446 e. The molecule has 29 heavy (non-hydrogen) atoms. The van der Waals surface area contributed by atoms with Gasteiger partial charge in [0.2, 0.25) is 11.8 Å². The van der Waals surface area contributed by atoms with Crippen molar-refractivity contribution in [3.05, 3.63) is 75.3 Å². The summed E-state index contributed by atoms with van der Waals surface area (Å²) < 4.78 is 5.27. The van der Waals surface area contributed by atoms with E-state index in [2.05, 4.69) is 10.4 Å². The fraction of sp³-hybridized carbons (Fsp3) is 0.250. The maximum absolute atomic E-state index is 12.9. The van der Waals surface area contributed by atoms with Crippen LogP contribution in [-0.4, -0.2) is 47.7 Å². The van der Waals surface area contributed by atoms with Crippen LogP contribution < -0.4 is 5.32 Å². The molecule has 9 nitrogen and oxygen atoms in total. The summed E-state index contributed by atoms with van der Waals surface area (Å²) in [5.41, 5.74) is 1.71. The van der Waals surface area contributed by atoms with Crippen molar-refractivity contribution in [3.63, 3.8) is 0 Å². The van der Waals surface area contributed by atoms with E-state index in [1.54, 1.807) is 56.6 Å². The van der Waals surface area contributed by atoms with Gasteiger partial charge in [-0.1, -0.05) is 35.9 Å². The van der Waals surface area contributed by atoms with Crippen molar-refractivity contribution in [2.45, 2.75) is 19.1 Å². The highest BCUT2D eigenvalue weighted by atomic mass is 16.6. The number of hydrazone groups is 1. The minimum Gasteiger partial charge on any atom is -0.446 e. The minimum atomic E-state index is -1.67. The number of amides is 1. The van der Waals surface area contributed by atoms with Gasteiger partial charge in [0, 0.05) is 30.3 Å². The average Bonchev–Trinajstić information content (AvgIpc) is 2.99. The van der Waals surface area contributed by atoms with Crippen LogP contribution in [0.15, 0.2) is 53.6 Å². The minimum absolute atomic E-state index is 0.243. The van der Waals surface area contributed by atoms with Gasteiger partial charge in [-0.25, -0.2) is 4.79 Å². The first-order chi connectivity index (χ1) is 13.8. The monoisotopic (exact) mass is 396 g/mol. The topological polar surface area (TPSA) is 114 Å². The molecule has 150 valence electrons. The molecule has 2 aromatic rings. The molecular weight excluding hydrogens is 376 g/mol. The van der Waals surface area contributed by atoms with E-state index in [0.717, 1.165) is 5.56 Å². The Morgan fingerprint density at radius 3 is 2.48 bits per heavy atom. The maximum atomic E-state index is 12.9. The maximum Gasteiger partial charge on any atom is 0.339 e. The first-order valence-electron chi connectivity index (χ1n) is 8.85. The van der Waals surface area contributed by atoms with Crippen molar-refractivity contribution in [1.82, 2.24) is 5.01 Å². The summed E-state index contributed by atoms with van der Waals surface area (Å²) in [6, 6.07) is 11.7. The van der Waals surface area contributed by atoms with E-state index in [1.165, 1.54) is 11.1 Å². The molecule has 1 N–H and O–H groups in total. The van der Waals surface area contributed by atoms with Crippen molar-refractivity contribution >= 4 is 23.3 Å². The third-order valence-corrected chi connectivity index (χ3v) is 4.37. The molecule has 0 saturated heterocycles. The van der Waals surface area contributed by atoms with Gasteiger partial charge < -0.3 is 15.1 Å². The van der Waals surface area contributed by atoms with Crippen molar-refractivity contribution in [1.29, 1.82) is 0 Å². The molecule has 2 aromatic carbocycles. The standard InChI is InChI=1S/C20H20N4O5/c1-12-8-10-13(11-9-12)21-19(25)16(22-23(2)3)17(24(27)28)18-14-6-4-5-7-15(14)20(26)29-18/h4-11,17-18H,1-3H3,(H,21,25)/b22-16+/t17-,18+/m1/s1. The van der Waals surface area contributed by atoms with Gasteiger partial charge in [-0.2, -0.15) is 5.10 Å². The molecule has 0 bridgehead atoms. The van der Waals surface area contributed by atoms with Crippen LogP contribution in [0.3, 0.4) is 0 Å². The Morgan fingerprint density at radius 2 is 1.86 bits per heavy atom. The molecular formula is C20H20N4O5. The molecule has 1 heterocycles. The normalized spacial score (nSPS) is 16.6. The lowest BCUT2D eigenvalue weighted by molar-refractivity contribution is -0.514. The Morgan fingerprint density at radius 1 is 1.21 bits per heavy atom. The van der Waals surface area contributed by atoms with Crippen molar-refractivity contribution < 1.29 is 19.2 Å². The molecule has 0 saturated carbocycles. The van der Waals surface area contributed by atoms with E-state index in [4.69, 9.17) is 4.74 Å². The number of carbonyl (C=O) groups excluding carboxylic acids is 2. The van der Waals surface area contributed by atoms with E-state index in [-0.39, 0.29) is 11.3 Å². The van der Waals surface area contributed by atoms with Gasteiger partial charge in [0.1, 0.15) is 0 Å². The Bertz CT molecular complexity index is 985. The van der Waals surface area contributed by atoms with Crippen LogP contribution in [0.4, 0.5) is 5.69 Å². The second-order valence-electron chi connectivity index (χ2n) is 6.80. The molecule has 1 aliphatic heterocycles. The van der Waals surface area contributed by atoms with E-state index in [0.29, 0.717) is 11.3 Å². The Kier molecular flexibility index (Phi) is 5.58. The van der Waals surface area contributed by atoms with Crippen molar-refractivity contribution in [2.24, 2.45) is 5.10 Å². The summed E-state index contributed by atoms with van der Waals surface area (Å²) in [4.78, 5) is 36.4. The lowest BCUT2D eigenvalue weighted by Crippen LogP contribution is -2.43. The van der Waals surface area contributed by atoms with E-state index in [1.807, 2.05) is 6.92 Å². The van der Waals surface area contributed by atoms with Gasteiger partial charge in [0.05, 0.1) is 5.56 Å². The molecule has 0 spiro atoms. The number of cyclic esters (lactones) is 1. The third-order valence-electron chi connectivity index (χ3n) is 4.37. The number of carbonyl (C=O) groups is 2. The summed E-state index contributed by atoms with van der Waals surface area (Å²) in [6.45, 7) is 1.90. The predicted octanol–water partition coefficient (Wildman–Crippen LogP) is 2.41. The van der Waals surface area contributed by atoms with Gasteiger partial charge in [-0.3, -0.25) is 14.9 Å². The Labute approximate surface area is 167 Å². The molecule has 2 atom stereocenters. The molecule has 0 aromatic heterocycles. The second kappa shape index (κ2) is 8.09. The van der Waals surface area contributed by atoms with Crippen LogP contribution in [0, 0.1) is 17.0 Å². The SMILES string of the molecule is Cc1ccc(NC(=O)/C(=N/N(C)C)[C@H]([C@H]2OC(=O)c3ccccc32)[N+](=O)[O-])cc1. The molecule has 0 radical (unpaired) electrons. The molecule has 0 fully saturated rings. The summed E-state index contributed by atoms with van der Waals surface area (Å²) in [6.07, 6.45) is -1.25. The lowest BCUT2D eigenvalue weighted by Gasteiger charge is -2.19. The van der Waals surface area contributed by atoms with Crippen LogP contribution >= 0.6 is 0 Å². The number of benzene rings is 2. The molecule has 0 unspecified atom stereocenters. The molecule has 1 aliphatic rings. The van der Waals surface area contributed by atoms with E-state index < -0.39 is 28.9 Å². The Balaban J connectivity index is 1.99. The summed E-state index contributed by atoms with van der Waals surface area (Å²) in [5, 5.41) is 19.9. The number of nitrogens with zero attached hydrogens (tertiary/aromatic N) is 3. The van der Waals surface area contributed by atoms with Crippen molar-refractivity contribution in [2.75, 3.05) is 19.4 Å². The van der Waals surface area contributed by atoms with Crippen LogP contribution in [0.1, 0.15) is 27.6 Å². The van der Waals surface area contributed by atoms with E-state index in [9.17, 15) is 19.7 Å². The summed E-state index contributed by atoms with van der Waals surface area (Å²) in [5.74, 6) is -1.41. The number of hydrogen-bond donors (Lipinski definition) is 1. The number of hydrogen-bond acceptors (Lipinski definition) is 7. The van der Waals surface area contributed by atoms with Gasteiger partial charge in [-0.05, 0) is 25.1 Å². The van der Waals surface area contributed by atoms with Crippen LogP contribution in [0.5, 0.6) is 0 Å².